The van der Waals surface area contributed by atoms with Crippen LogP contribution in [0.5, 0.6) is 0 Å². The summed E-state index contributed by atoms with van der Waals surface area (Å²) in [6, 6.07) is 0. The van der Waals surface area contributed by atoms with E-state index in [2.05, 4.69) is 25.8 Å². The molecule has 1 unspecified atom stereocenters. The second-order valence-corrected chi connectivity index (χ2v) is 7.30. The summed E-state index contributed by atoms with van der Waals surface area (Å²) in [5.74, 6) is 0.937. The van der Waals surface area contributed by atoms with Gasteiger partial charge in [-0.3, -0.25) is 4.90 Å². The Bertz CT molecular complexity index is 256. The zero-order valence-corrected chi connectivity index (χ0v) is 12.0. The van der Waals surface area contributed by atoms with Gasteiger partial charge in [-0.15, -0.1) is 0 Å². The zero-order chi connectivity index (χ0) is 12.5. The van der Waals surface area contributed by atoms with Crippen LogP contribution in [0.15, 0.2) is 0 Å². The quantitative estimate of drug-likeness (QED) is 0.816. The monoisotopic (exact) mass is 238 g/mol. The van der Waals surface area contributed by atoms with Crippen LogP contribution >= 0.6 is 0 Å². The van der Waals surface area contributed by atoms with Crippen molar-refractivity contribution in [3.05, 3.63) is 0 Å². The normalized spacial score (nSPS) is 33.7. The summed E-state index contributed by atoms with van der Waals surface area (Å²) in [7, 11) is 2.31. The van der Waals surface area contributed by atoms with E-state index in [-0.39, 0.29) is 0 Å². The van der Waals surface area contributed by atoms with Gasteiger partial charge in [0.05, 0.1) is 0 Å². The fourth-order valence-corrected chi connectivity index (χ4v) is 4.07. The van der Waals surface area contributed by atoms with E-state index in [4.69, 9.17) is 5.73 Å². The first-order chi connectivity index (χ1) is 7.97. The van der Waals surface area contributed by atoms with Crippen molar-refractivity contribution >= 4 is 0 Å². The molecule has 0 aromatic heterocycles. The van der Waals surface area contributed by atoms with Gasteiger partial charge < -0.3 is 5.73 Å². The highest BCUT2D eigenvalue weighted by Crippen LogP contribution is 2.46. The van der Waals surface area contributed by atoms with Crippen LogP contribution in [0.2, 0.25) is 0 Å². The lowest BCUT2D eigenvalue weighted by Gasteiger charge is -2.40. The molecule has 0 aromatic carbocycles. The standard InChI is InChI=1S/C15H30N2/c1-14(2)8-9-15(11-14,12-16)17(3)10-13-6-4-5-7-13/h13H,4-12,16H2,1-3H3. The highest BCUT2D eigenvalue weighted by molar-refractivity contribution is 5.01. The molecule has 0 heterocycles. The van der Waals surface area contributed by atoms with Crippen LogP contribution in [0.4, 0.5) is 0 Å². The molecule has 0 aromatic rings. The average molecular weight is 238 g/mol. The van der Waals surface area contributed by atoms with Gasteiger partial charge in [0.1, 0.15) is 0 Å². The maximum absolute atomic E-state index is 6.12. The third-order valence-electron chi connectivity index (χ3n) is 5.27. The van der Waals surface area contributed by atoms with Crippen molar-refractivity contribution in [1.82, 2.24) is 4.90 Å². The van der Waals surface area contributed by atoms with E-state index in [1.165, 1.54) is 51.5 Å². The molecule has 0 spiro atoms. The van der Waals surface area contributed by atoms with Gasteiger partial charge in [-0.2, -0.15) is 0 Å². The third kappa shape index (κ3) is 2.85. The summed E-state index contributed by atoms with van der Waals surface area (Å²) >= 11 is 0. The first kappa shape index (κ1) is 13.4. The van der Waals surface area contributed by atoms with Gasteiger partial charge in [0.25, 0.3) is 0 Å². The largest absolute Gasteiger partial charge is 0.329 e. The summed E-state index contributed by atoms with van der Waals surface area (Å²) < 4.78 is 0. The predicted molar refractivity (Wildman–Crippen MR) is 74.0 cm³/mol. The zero-order valence-electron chi connectivity index (χ0n) is 12.0. The van der Waals surface area contributed by atoms with Crippen molar-refractivity contribution in [2.45, 2.75) is 64.3 Å². The Balaban J connectivity index is 1.97. The first-order valence-corrected chi connectivity index (χ1v) is 7.39. The minimum absolute atomic E-state index is 0.298. The summed E-state index contributed by atoms with van der Waals surface area (Å²) in [6.45, 7) is 6.90. The second-order valence-electron chi connectivity index (χ2n) is 7.30. The fraction of sp³-hybridized carbons (Fsp3) is 1.00. The van der Waals surface area contributed by atoms with E-state index in [9.17, 15) is 0 Å². The maximum atomic E-state index is 6.12. The molecule has 2 nitrogen and oxygen atoms in total. The lowest BCUT2D eigenvalue weighted by molar-refractivity contribution is 0.101. The Kier molecular flexibility index (Phi) is 3.84. The van der Waals surface area contributed by atoms with Gasteiger partial charge in [-0.05, 0) is 50.5 Å². The van der Waals surface area contributed by atoms with E-state index in [0.717, 1.165) is 12.5 Å². The maximum Gasteiger partial charge on any atom is 0.0334 e. The molecule has 0 radical (unpaired) electrons. The molecule has 2 fully saturated rings. The predicted octanol–water partition coefficient (Wildman–Crippen LogP) is 3.02. The van der Waals surface area contributed by atoms with Crippen molar-refractivity contribution in [3.63, 3.8) is 0 Å². The van der Waals surface area contributed by atoms with Gasteiger partial charge >= 0.3 is 0 Å². The van der Waals surface area contributed by atoms with Crippen molar-refractivity contribution < 1.29 is 0 Å². The number of hydrogen-bond donors (Lipinski definition) is 1. The number of nitrogens with zero attached hydrogens (tertiary/aromatic N) is 1. The minimum atomic E-state index is 0.298. The van der Waals surface area contributed by atoms with Crippen LogP contribution in [-0.4, -0.2) is 30.6 Å². The van der Waals surface area contributed by atoms with Crippen molar-refractivity contribution in [2.75, 3.05) is 20.1 Å². The van der Waals surface area contributed by atoms with E-state index >= 15 is 0 Å². The molecule has 2 rings (SSSR count). The summed E-state index contributed by atoms with van der Waals surface area (Å²) in [4.78, 5) is 2.61. The Labute approximate surface area is 107 Å². The number of nitrogens with two attached hydrogens (primary N) is 1. The summed E-state index contributed by atoms with van der Waals surface area (Å²) in [5, 5.41) is 0. The van der Waals surface area contributed by atoms with Crippen LogP contribution in [-0.2, 0) is 0 Å². The van der Waals surface area contributed by atoms with Crippen LogP contribution in [0, 0.1) is 11.3 Å². The molecule has 2 heteroatoms. The molecule has 2 N–H and O–H groups in total. The summed E-state index contributed by atoms with van der Waals surface area (Å²) in [5.41, 5.74) is 6.91. The van der Waals surface area contributed by atoms with Gasteiger partial charge in [-0.25, -0.2) is 0 Å². The smallest absolute Gasteiger partial charge is 0.0334 e. The van der Waals surface area contributed by atoms with Crippen molar-refractivity contribution in [3.8, 4) is 0 Å². The molecule has 2 aliphatic rings. The molecule has 2 aliphatic carbocycles. The Morgan fingerprint density at radius 2 is 1.82 bits per heavy atom. The van der Waals surface area contributed by atoms with E-state index in [1.54, 1.807) is 0 Å². The van der Waals surface area contributed by atoms with Gasteiger partial charge in [0.15, 0.2) is 0 Å². The molecule has 0 aliphatic heterocycles. The van der Waals surface area contributed by atoms with E-state index < -0.39 is 0 Å². The van der Waals surface area contributed by atoms with Crippen LogP contribution < -0.4 is 5.73 Å². The van der Waals surface area contributed by atoms with Crippen molar-refractivity contribution in [2.24, 2.45) is 17.1 Å². The average Bonchev–Trinajstić information content (AvgIpc) is 2.86. The SMILES string of the molecule is CN(CC1CCCC1)C1(CN)CCC(C)(C)C1. The van der Waals surface area contributed by atoms with Crippen molar-refractivity contribution in [1.29, 1.82) is 0 Å². The van der Waals surface area contributed by atoms with E-state index in [1.807, 2.05) is 0 Å². The second kappa shape index (κ2) is 4.89. The number of rotatable bonds is 4. The lowest BCUT2D eigenvalue weighted by Crippen LogP contribution is -2.52. The van der Waals surface area contributed by atoms with Gasteiger partial charge in [-0.1, -0.05) is 26.7 Å². The third-order valence-corrected chi connectivity index (χ3v) is 5.27. The number of hydrogen-bond acceptors (Lipinski definition) is 2. The molecule has 0 amide bonds. The van der Waals surface area contributed by atoms with Gasteiger partial charge in [0, 0.05) is 18.6 Å². The Morgan fingerprint density at radius 3 is 2.29 bits per heavy atom. The first-order valence-electron chi connectivity index (χ1n) is 7.39. The number of likely N-dealkylation sites (N-methyl/N-ethyl adjacent to an activating group) is 1. The molecule has 100 valence electrons. The lowest BCUT2D eigenvalue weighted by atomic mass is 9.86. The molecule has 0 bridgehead atoms. The molecule has 2 saturated carbocycles. The van der Waals surface area contributed by atoms with Crippen LogP contribution in [0.25, 0.3) is 0 Å². The molecule has 1 atom stereocenters. The van der Waals surface area contributed by atoms with Crippen LogP contribution in [0.3, 0.4) is 0 Å². The highest BCUT2D eigenvalue weighted by atomic mass is 15.2. The van der Waals surface area contributed by atoms with E-state index in [0.29, 0.717) is 11.0 Å². The molecule has 0 saturated heterocycles. The Morgan fingerprint density at radius 1 is 1.18 bits per heavy atom. The topological polar surface area (TPSA) is 29.3 Å². The molecule has 17 heavy (non-hydrogen) atoms. The van der Waals surface area contributed by atoms with Gasteiger partial charge in [0.2, 0.25) is 0 Å². The fourth-order valence-electron chi connectivity index (χ4n) is 4.07. The highest BCUT2D eigenvalue weighted by Gasteiger charge is 2.45. The minimum Gasteiger partial charge on any atom is -0.329 e. The summed E-state index contributed by atoms with van der Waals surface area (Å²) in [6.07, 6.45) is 9.67. The molecular weight excluding hydrogens is 208 g/mol. The van der Waals surface area contributed by atoms with Crippen LogP contribution in [0.1, 0.15) is 58.8 Å². The Hall–Kier alpha value is -0.0800. The molecular formula is C15H30N2.